The lowest BCUT2D eigenvalue weighted by Gasteiger charge is -2.23. The lowest BCUT2D eigenvalue weighted by Crippen LogP contribution is -2.29. The quantitative estimate of drug-likeness (QED) is 0.281. The van der Waals surface area contributed by atoms with Crippen LogP contribution in [-0.4, -0.2) is 28.6 Å². The first-order valence-corrected chi connectivity index (χ1v) is 9.64. The highest BCUT2D eigenvalue weighted by molar-refractivity contribution is 6.51. The summed E-state index contributed by atoms with van der Waals surface area (Å²) in [4.78, 5) is 27.2. The molecule has 7 heteroatoms. The molecule has 1 aliphatic rings. The molecule has 7 nitrogen and oxygen atoms in total. The Hall–Kier alpha value is -4.13. The zero-order chi connectivity index (χ0) is 22.0. The summed E-state index contributed by atoms with van der Waals surface area (Å²) in [6, 6.07) is 16.3. The summed E-state index contributed by atoms with van der Waals surface area (Å²) < 4.78 is 10.6. The van der Waals surface area contributed by atoms with E-state index in [0.717, 1.165) is 0 Å². The number of nitrogens with zero attached hydrogens (tertiary/aromatic N) is 2. The summed E-state index contributed by atoms with van der Waals surface area (Å²) in [7, 11) is 0. The van der Waals surface area contributed by atoms with Crippen molar-refractivity contribution >= 4 is 23.3 Å². The number of anilines is 1. The van der Waals surface area contributed by atoms with Gasteiger partial charge in [-0.15, -0.1) is 0 Å². The van der Waals surface area contributed by atoms with Crippen LogP contribution in [0.2, 0.25) is 0 Å². The fraction of sp³-hybridized carbons (Fsp3) is 0.125. The van der Waals surface area contributed by atoms with Crippen LogP contribution in [0.3, 0.4) is 0 Å². The van der Waals surface area contributed by atoms with Gasteiger partial charge < -0.3 is 14.4 Å². The zero-order valence-corrected chi connectivity index (χ0v) is 16.8. The number of ketones is 1. The van der Waals surface area contributed by atoms with Crippen molar-refractivity contribution in [2.24, 2.45) is 0 Å². The Morgan fingerprint density at radius 3 is 2.52 bits per heavy atom. The van der Waals surface area contributed by atoms with Crippen molar-refractivity contribution in [3.63, 3.8) is 0 Å². The Bertz CT molecular complexity index is 1160. The van der Waals surface area contributed by atoms with E-state index in [1.54, 1.807) is 73.7 Å². The number of aryl methyl sites for hydroxylation is 1. The van der Waals surface area contributed by atoms with Crippen LogP contribution in [0.1, 0.15) is 22.9 Å². The Balaban J connectivity index is 1.86. The number of aromatic nitrogens is 1. The van der Waals surface area contributed by atoms with E-state index < -0.39 is 17.7 Å². The second-order valence-corrected chi connectivity index (χ2v) is 7.00. The molecule has 0 radical (unpaired) electrons. The minimum atomic E-state index is -0.877. The van der Waals surface area contributed by atoms with Gasteiger partial charge in [0.05, 0.1) is 11.6 Å². The Morgan fingerprint density at radius 2 is 1.90 bits per heavy atom. The lowest BCUT2D eigenvalue weighted by atomic mass is 9.95. The SMILES string of the molecule is C=CCOc1ccc(C2C(=C(O)c3ccccc3)C(=O)C(=O)N2c2cc(C)on2)cc1. The summed E-state index contributed by atoms with van der Waals surface area (Å²) >= 11 is 0. The normalized spacial score (nSPS) is 17.7. The van der Waals surface area contributed by atoms with Crippen molar-refractivity contribution in [1.82, 2.24) is 5.16 Å². The second-order valence-electron chi connectivity index (χ2n) is 7.00. The molecule has 1 fully saturated rings. The van der Waals surface area contributed by atoms with Gasteiger partial charge in [0.25, 0.3) is 5.78 Å². The van der Waals surface area contributed by atoms with Gasteiger partial charge in [0.15, 0.2) is 5.82 Å². The van der Waals surface area contributed by atoms with Crippen LogP contribution < -0.4 is 9.64 Å². The third kappa shape index (κ3) is 3.73. The van der Waals surface area contributed by atoms with Gasteiger partial charge in [0, 0.05) is 11.6 Å². The number of hydrogen-bond acceptors (Lipinski definition) is 6. The number of benzene rings is 2. The minimum absolute atomic E-state index is 0.0170. The molecule has 1 N–H and O–H groups in total. The summed E-state index contributed by atoms with van der Waals surface area (Å²) in [6.07, 6.45) is 1.63. The molecule has 0 saturated carbocycles. The van der Waals surface area contributed by atoms with Gasteiger partial charge in [-0.25, -0.2) is 0 Å². The van der Waals surface area contributed by atoms with Gasteiger partial charge >= 0.3 is 5.91 Å². The van der Waals surface area contributed by atoms with Gasteiger partial charge in [-0.2, -0.15) is 0 Å². The first-order valence-electron chi connectivity index (χ1n) is 9.64. The number of hydrogen-bond donors (Lipinski definition) is 1. The maximum atomic E-state index is 13.0. The molecular formula is C24H20N2O5. The first-order chi connectivity index (χ1) is 15.0. The van der Waals surface area contributed by atoms with E-state index in [2.05, 4.69) is 11.7 Å². The summed E-state index contributed by atoms with van der Waals surface area (Å²) in [6.45, 7) is 5.66. The van der Waals surface area contributed by atoms with Crippen molar-refractivity contribution in [2.75, 3.05) is 11.5 Å². The highest BCUT2D eigenvalue weighted by atomic mass is 16.5. The third-order valence-corrected chi connectivity index (χ3v) is 4.92. The topological polar surface area (TPSA) is 92.9 Å². The van der Waals surface area contributed by atoms with E-state index in [0.29, 0.717) is 29.2 Å². The van der Waals surface area contributed by atoms with E-state index in [-0.39, 0.29) is 17.2 Å². The molecule has 1 unspecified atom stereocenters. The maximum absolute atomic E-state index is 13.0. The number of amides is 1. The Kier molecular flexibility index (Phi) is 5.41. The van der Waals surface area contributed by atoms with E-state index in [1.807, 2.05) is 0 Å². The average molecular weight is 416 g/mol. The third-order valence-electron chi connectivity index (χ3n) is 4.92. The molecule has 1 aromatic heterocycles. The van der Waals surface area contributed by atoms with Gasteiger partial charge in [0.1, 0.15) is 23.9 Å². The smallest absolute Gasteiger partial charge is 0.301 e. The highest BCUT2D eigenvalue weighted by Gasteiger charge is 2.48. The molecule has 2 heterocycles. The van der Waals surface area contributed by atoms with E-state index in [9.17, 15) is 14.7 Å². The van der Waals surface area contributed by atoms with Crippen molar-refractivity contribution in [3.05, 3.63) is 95.8 Å². The van der Waals surface area contributed by atoms with Crippen LogP contribution in [0.4, 0.5) is 5.82 Å². The van der Waals surface area contributed by atoms with Crippen molar-refractivity contribution in [1.29, 1.82) is 0 Å². The largest absolute Gasteiger partial charge is 0.507 e. The van der Waals surface area contributed by atoms with Crippen molar-refractivity contribution < 1.29 is 24.0 Å². The number of aliphatic hydroxyl groups is 1. The zero-order valence-electron chi connectivity index (χ0n) is 16.8. The molecule has 1 amide bonds. The fourth-order valence-electron chi connectivity index (χ4n) is 3.50. The summed E-state index contributed by atoms with van der Waals surface area (Å²) in [5, 5.41) is 14.9. The van der Waals surface area contributed by atoms with Gasteiger partial charge in [-0.1, -0.05) is 60.3 Å². The molecular weight excluding hydrogens is 396 g/mol. The molecule has 1 aliphatic heterocycles. The predicted octanol–water partition coefficient (Wildman–Crippen LogP) is 4.17. The fourth-order valence-corrected chi connectivity index (χ4v) is 3.50. The lowest BCUT2D eigenvalue weighted by molar-refractivity contribution is -0.132. The maximum Gasteiger partial charge on any atom is 0.301 e. The first kappa shape index (κ1) is 20.2. The average Bonchev–Trinajstić information content (AvgIpc) is 3.33. The molecule has 31 heavy (non-hydrogen) atoms. The van der Waals surface area contributed by atoms with E-state index >= 15 is 0 Å². The number of rotatable bonds is 6. The monoisotopic (exact) mass is 416 g/mol. The number of carbonyl (C=O) groups is 2. The predicted molar refractivity (Wildman–Crippen MR) is 115 cm³/mol. The van der Waals surface area contributed by atoms with E-state index in [1.165, 1.54) is 4.90 Å². The van der Waals surface area contributed by atoms with Gasteiger partial charge in [-0.3, -0.25) is 14.5 Å². The number of aliphatic hydroxyl groups excluding tert-OH is 1. The number of Topliss-reactive ketones (excluding diaryl/α,β-unsaturated/α-hetero) is 1. The number of carbonyl (C=O) groups excluding carboxylic acids is 2. The van der Waals surface area contributed by atoms with Crippen LogP contribution in [0, 0.1) is 6.92 Å². The van der Waals surface area contributed by atoms with Crippen LogP contribution in [-0.2, 0) is 9.59 Å². The van der Waals surface area contributed by atoms with Gasteiger partial charge in [0.2, 0.25) is 0 Å². The van der Waals surface area contributed by atoms with Crippen molar-refractivity contribution in [3.8, 4) is 5.75 Å². The van der Waals surface area contributed by atoms with Crippen LogP contribution in [0.5, 0.6) is 5.75 Å². The molecule has 0 bridgehead atoms. The number of ether oxygens (including phenoxy) is 1. The van der Waals surface area contributed by atoms with Crippen LogP contribution in [0.25, 0.3) is 5.76 Å². The summed E-state index contributed by atoms with van der Waals surface area (Å²) in [5.74, 6) is -0.531. The minimum Gasteiger partial charge on any atom is -0.507 e. The molecule has 4 rings (SSSR count). The Labute approximate surface area is 178 Å². The van der Waals surface area contributed by atoms with Gasteiger partial charge in [-0.05, 0) is 24.6 Å². The second kappa shape index (κ2) is 8.31. The highest BCUT2D eigenvalue weighted by Crippen LogP contribution is 2.42. The van der Waals surface area contributed by atoms with Crippen molar-refractivity contribution in [2.45, 2.75) is 13.0 Å². The molecule has 0 spiro atoms. The molecule has 2 aromatic carbocycles. The molecule has 1 atom stereocenters. The molecule has 1 saturated heterocycles. The molecule has 0 aliphatic carbocycles. The van der Waals surface area contributed by atoms with E-state index in [4.69, 9.17) is 9.26 Å². The standard InChI is InChI=1S/C24H20N2O5/c1-3-13-30-18-11-9-16(10-12-18)21-20(22(27)17-7-5-4-6-8-17)23(28)24(29)26(21)19-14-15(2)31-25-19/h3-12,14,21,27H,1,13H2,2H3. The summed E-state index contributed by atoms with van der Waals surface area (Å²) in [5.41, 5.74) is 1.03. The Morgan fingerprint density at radius 1 is 1.19 bits per heavy atom. The van der Waals surface area contributed by atoms with Crippen LogP contribution >= 0.6 is 0 Å². The molecule has 3 aromatic rings. The van der Waals surface area contributed by atoms with Crippen LogP contribution in [0.15, 0.2) is 83.4 Å². The molecule has 156 valence electrons.